The second-order valence-corrected chi connectivity index (χ2v) is 4.25. The highest BCUT2D eigenvalue weighted by Gasteiger charge is 1.92. The van der Waals surface area contributed by atoms with Gasteiger partial charge in [-0.3, -0.25) is 0 Å². The van der Waals surface area contributed by atoms with Gasteiger partial charge in [0.15, 0.2) is 0 Å². The fourth-order valence-corrected chi connectivity index (χ4v) is 1.65. The summed E-state index contributed by atoms with van der Waals surface area (Å²) in [5.41, 5.74) is 0. The molecule has 0 radical (unpaired) electrons. The molecule has 0 rings (SSSR count). The molecule has 0 aliphatic carbocycles. The number of rotatable bonds is 9. The number of hydrogen-bond acceptors (Lipinski definition) is 2. The minimum absolute atomic E-state index is 0.396. The van der Waals surface area contributed by atoms with Crippen LogP contribution >= 0.6 is 0 Å². The first-order chi connectivity index (χ1) is 8.31. The van der Waals surface area contributed by atoms with E-state index in [2.05, 4.69) is 18.8 Å². The summed E-state index contributed by atoms with van der Waals surface area (Å²) < 4.78 is 4.71. The van der Waals surface area contributed by atoms with Gasteiger partial charge in [-0.1, -0.05) is 57.8 Å². The number of unbranched alkanes of at least 4 members (excludes halogenated alkanes) is 8. The highest BCUT2D eigenvalue weighted by Crippen LogP contribution is 2.08. The molecule has 2 nitrogen and oxygen atoms in total. The van der Waals surface area contributed by atoms with E-state index in [4.69, 9.17) is 4.74 Å². The van der Waals surface area contributed by atoms with Crippen molar-refractivity contribution in [3.8, 4) is 11.8 Å². The van der Waals surface area contributed by atoms with E-state index in [-0.39, 0.29) is 0 Å². The minimum Gasteiger partial charge on any atom is -0.456 e. The number of carbonyl (C=O) groups is 1. The van der Waals surface area contributed by atoms with E-state index in [0.29, 0.717) is 6.61 Å². The van der Waals surface area contributed by atoms with E-state index in [1.54, 1.807) is 6.92 Å². The fourth-order valence-electron chi connectivity index (χ4n) is 1.65. The average molecular weight is 238 g/mol. The SMILES string of the molecule is CCCCCCCCCCC#CC(=O)OCC. The van der Waals surface area contributed by atoms with Gasteiger partial charge >= 0.3 is 5.97 Å². The molecular formula is C15H26O2. The molecule has 0 saturated carbocycles. The largest absolute Gasteiger partial charge is 0.456 e. The van der Waals surface area contributed by atoms with E-state index in [1.807, 2.05) is 0 Å². The van der Waals surface area contributed by atoms with Crippen LogP contribution in [0.3, 0.4) is 0 Å². The lowest BCUT2D eigenvalue weighted by Gasteiger charge is -1.99. The normalized spacial score (nSPS) is 9.53. The molecule has 0 unspecified atom stereocenters. The zero-order chi connectivity index (χ0) is 12.8. The maximum atomic E-state index is 10.9. The number of ether oxygens (including phenoxy) is 1. The summed E-state index contributed by atoms with van der Waals surface area (Å²) >= 11 is 0. The van der Waals surface area contributed by atoms with Crippen LogP contribution in [0.4, 0.5) is 0 Å². The summed E-state index contributed by atoms with van der Waals surface area (Å²) in [4.78, 5) is 10.9. The Bertz CT molecular complexity index is 235. The molecule has 0 fully saturated rings. The van der Waals surface area contributed by atoms with E-state index >= 15 is 0 Å². The van der Waals surface area contributed by atoms with Crippen molar-refractivity contribution in [3.63, 3.8) is 0 Å². The third kappa shape index (κ3) is 13.0. The van der Waals surface area contributed by atoms with Crippen molar-refractivity contribution >= 4 is 5.97 Å². The molecule has 0 atom stereocenters. The van der Waals surface area contributed by atoms with Crippen molar-refractivity contribution < 1.29 is 9.53 Å². The van der Waals surface area contributed by atoms with Gasteiger partial charge < -0.3 is 4.74 Å². The van der Waals surface area contributed by atoms with Crippen molar-refractivity contribution in [1.82, 2.24) is 0 Å². The van der Waals surface area contributed by atoms with Gasteiger partial charge in [0, 0.05) is 12.3 Å². The predicted octanol–water partition coefficient (Wildman–Crippen LogP) is 4.08. The van der Waals surface area contributed by atoms with Crippen LogP contribution in [0, 0.1) is 11.8 Å². The Morgan fingerprint density at radius 1 is 0.941 bits per heavy atom. The molecular weight excluding hydrogens is 212 g/mol. The Hall–Kier alpha value is -0.970. The second kappa shape index (κ2) is 13.1. The number of esters is 1. The van der Waals surface area contributed by atoms with Gasteiger partial charge in [0.25, 0.3) is 0 Å². The van der Waals surface area contributed by atoms with Gasteiger partial charge in [-0.25, -0.2) is 4.79 Å². The van der Waals surface area contributed by atoms with Crippen molar-refractivity contribution in [3.05, 3.63) is 0 Å². The van der Waals surface area contributed by atoms with Crippen LogP contribution in [0.1, 0.15) is 71.6 Å². The fraction of sp³-hybridized carbons (Fsp3) is 0.800. The monoisotopic (exact) mass is 238 g/mol. The summed E-state index contributed by atoms with van der Waals surface area (Å²) in [6.07, 6.45) is 11.2. The predicted molar refractivity (Wildman–Crippen MR) is 71.6 cm³/mol. The third-order valence-corrected chi connectivity index (χ3v) is 2.62. The standard InChI is InChI=1S/C15H26O2/c1-3-5-6-7-8-9-10-11-12-13-14-15(16)17-4-2/h3-12H2,1-2H3. The molecule has 17 heavy (non-hydrogen) atoms. The Balaban J connectivity index is 3.20. The molecule has 0 aliphatic rings. The molecule has 0 aromatic carbocycles. The Kier molecular flexibility index (Phi) is 12.3. The summed E-state index contributed by atoms with van der Waals surface area (Å²) in [6, 6.07) is 0. The van der Waals surface area contributed by atoms with Crippen molar-refractivity contribution in [2.45, 2.75) is 71.6 Å². The smallest absolute Gasteiger partial charge is 0.384 e. The van der Waals surface area contributed by atoms with Crippen LogP contribution in [0.25, 0.3) is 0 Å². The highest BCUT2D eigenvalue weighted by atomic mass is 16.5. The lowest BCUT2D eigenvalue weighted by molar-refractivity contribution is -0.136. The van der Waals surface area contributed by atoms with Crippen LogP contribution in [0.2, 0.25) is 0 Å². The molecule has 0 aromatic heterocycles. The topological polar surface area (TPSA) is 26.3 Å². The van der Waals surface area contributed by atoms with Gasteiger partial charge in [-0.2, -0.15) is 0 Å². The molecule has 0 N–H and O–H groups in total. The first-order valence-electron chi connectivity index (χ1n) is 6.96. The van der Waals surface area contributed by atoms with Crippen LogP contribution in [0.15, 0.2) is 0 Å². The van der Waals surface area contributed by atoms with Crippen molar-refractivity contribution in [2.24, 2.45) is 0 Å². The summed E-state index contributed by atoms with van der Waals surface area (Å²) in [5, 5.41) is 0. The van der Waals surface area contributed by atoms with E-state index < -0.39 is 5.97 Å². The van der Waals surface area contributed by atoms with E-state index in [1.165, 1.54) is 44.9 Å². The summed E-state index contributed by atoms with van der Waals surface area (Å²) in [6.45, 7) is 4.44. The molecule has 0 amide bonds. The van der Waals surface area contributed by atoms with E-state index in [9.17, 15) is 4.79 Å². The van der Waals surface area contributed by atoms with Crippen LogP contribution in [0.5, 0.6) is 0 Å². The third-order valence-electron chi connectivity index (χ3n) is 2.62. The maximum Gasteiger partial charge on any atom is 0.384 e. The molecule has 0 aromatic rings. The Morgan fingerprint density at radius 3 is 2.12 bits per heavy atom. The summed E-state index contributed by atoms with van der Waals surface area (Å²) in [7, 11) is 0. The maximum absolute atomic E-state index is 10.9. The highest BCUT2D eigenvalue weighted by molar-refractivity contribution is 5.88. The Morgan fingerprint density at radius 2 is 1.53 bits per heavy atom. The minimum atomic E-state index is -0.396. The molecule has 0 aliphatic heterocycles. The Labute approximate surface area is 106 Å². The molecule has 0 bridgehead atoms. The van der Waals surface area contributed by atoms with Gasteiger partial charge in [0.1, 0.15) is 0 Å². The first-order valence-corrected chi connectivity index (χ1v) is 6.96. The average Bonchev–Trinajstić information content (AvgIpc) is 2.32. The quantitative estimate of drug-likeness (QED) is 0.262. The van der Waals surface area contributed by atoms with Gasteiger partial charge in [0.2, 0.25) is 0 Å². The number of carbonyl (C=O) groups excluding carboxylic acids is 1. The van der Waals surface area contributed by atoms with Crippen LogP contribution in [-0.2, 0) is 9.53 Å². The lowest BCUT2D eigenvalue weighted by Crippen LogP contribution is -1.99. The van der Waals surface area contributed by atoms with E-state index in [0.717, 1.165) is 12.8 Å². The molecule has 2 heteroatoms. The van der Waals surface area contributed by atoms with Gasteiger partial charge in [-0.05, 0) is 13.3 Å². The molecule has 98 valence electrons. The second-order valence-electron chi connectivity index (χ2n) is 4.25. The van der Waals surface area contributed by atoms with Gasteiger partial charge in [0.05, 0.1) is 6.61 Å². The number of hydrogen-bond donors (Lipinski definition) is 0. The lowest BCUT2D eigenvalue weighted by atomic mass is 10.1. The van der Waals surface area contributed by atoms with Crippen molar-refractivity contribution in [1.29, 1.82) is 0 Å². The zero-order valence-electron chi connectivity index (χ0n) is 11.4. The molecule has 0 spiro atoms. The van der Waals surface area contributed by atoms with Gasteiger partial charge in [-0.15, -0.1) is 0 Å². The first kappa shape index (κ1) is 16.0. The zero-order valence-corrected chi connectivity index (χ0v) is 11.4. The van der Waals surface area contributed by atoms with Crippen LogP contribution < -0.4 is 0 Å². The molecule has 0 saturated heterocycles. The van der Waals surface area contributed by atoms with Crippen molar-refractivity contribution in [2.75, 3.05) is 6.61 Å². The van der Waals surface area contributed by atoms with Crippen LogP contribution in [-0.4, -0.2) is 12.6 Å². The summed E-state index contributed by atoms with van der Waals surface area (Å²) in [5.74, 6) is 4.95. The molecule has 0 heterocycles.